The second-order valence-corrected chi connectivity index (χ2v) is 4.66. The second kappa shape index (κ2) is 7.79. The molecular formula is C16H15FN4O2. The highest BCUT2D eigenvalue weighted by Gasteiger charge is 2.07. The molecule has 1 aromatic carbocycles. The molecule has 2 N–H and O–H groups in total. The molecule has 0 radical (unpaired) electrons. The van der Waals surface area contributed by atoms with Gasteiger partial charge in [0, 0.05) is 12.4 Å². The van der Waals surface area contributed by atoms with Gasteiger partial charge in [-0.25, -0.2) is 9.82 Å². The Morgan fingerprint density at radius 1 is 1.17 bits per heavy atom. The summed E-state index contributed by atoms with van der Waals surface area (Å²) in [6.07, 6.45) is 2.96. The third-order valence-corrected chi connectivity index (χ3v) is 2.94. The number of amides is 2. The van der Waals surface area contributed by atoms with Crippen LogP contribution in [0.5, 0.6) is 0 Å². The number of rotatable bonds is 5. The van der Waals surface area contributed by atoms with Gasteiger partial charge in [-0.15, -0.1) is 0 Å². The van der Waals surface area contributed by atoms with Crippen LogP contribution in [-0.2, 0) is 4.79 Å². The van der Waals surface area contributed by atoms with E-state index in [1.807, 2.05) is 0 Å². The average molecular weight is 314 g/mol. The minimum absolute atomic E-state index is 0.214. The van der Waals surface area contributed by atoms with Crippen LogP contribution in [0.15, 0.2) is 53.9 Å². The topological polar surface area (TPSA) is 83.5 Å². The molecule has 0 unspecified atom stereocenters. The van der Waals surface area contributed by atoms with Crippen LogP contribution in [0.2, 0.25) is 0 Å². The number of hydrogen-bond acceptors (Lipinski definition) is 4. The normalized spacial score (nSPS) is 11.0. The van der Waals surface area contributed by atoms with Gasteiger partial charge in [0.25, 0.3) is 11.8 Å². The standard InChI is InChI=1S/C16H15FN4O2/c1-11(12-4-6-14(17)7-5-12)20-21-15(22)10-19-16(23)13-3-2-8-18-9-13/h2-9H,10H2,1H3,(H,19,23)(H,21,22)/b20-11-. The van der Waals surface area contributed by atoms with E-state index in [1.54, 1.807) is 37.4 Å². The van der Waals surface area contributed by atoms with Crippen molar-refractivity contribution in [3.63, 3.8) is 0 Å². The summed E-state index contributed by atoms with van der Waals surface area (Å²) in [5, 5.41) is 6.37. The van der Waals surface area contributed by atoms with E-state index >= 15 is 0 Å². The van der Waals surface area contributed by atoms with Crippen LogP contribution in [0.4, 0.5) is 4.39 Å². The fourth-order valence-electron chi connectivity index (χ4n) is 1.70. The maximum Gasteiger partial charge on any atom is 0.259 e. The van der Waals surface area contributed by atoms with E-state index in [0.717, 1.165) is 0 Å². The molecule has 0 fully saturated rings. The van der Waals surface area contributed by atoms with Crippen molar-refractivity contribution in [3.8, 4) is 0 Å². The lowest BCUT2D eigenvalue weighted by atomic mass is 10.1. The van der Waals surface area contributed by atoms with Gasteiger partial charge in [-0.3, -0.25) is 14.6 Å². The van der Waals surface area contributed by atoms with E-state index in [1.165, 1.54) is 18.3 Å². The van der Waals surface area contributed by atoms with Crippen molar-refractivity contribution < 1.29 is 14.0 Å². The first kappa shape index (κ1) is 16.3. The van der Waals surface area contributed by atoms with Crippen LogP contribution in [0.3, 0.4) is 0 Å². The summed E-state index contributed by atoms with van der Waals surface area (Å²) >= 11 is 0. The Hall–Kier alpha value is -3.09. The van der Waals surface area contributed by atoms with E-state index in [9.17, 15) is 14.0 Å². The van der Waals surface area contributed by atoms with E-state index in [4.69, 9.17) is 0 Å². The average Bonchev–Trinajstić information content (AvgIpc) is 2.59. The predicted octanol–water partition coefficient (Wildman–Crippen LogP) is 1.49. The molecule has 1 heterocycles. The first-order valence-corrected chi connectivity index (χ1v) is 6.83. The molecule has 1 aromatic heterocycles. The number of hydrogen-bond donors (Lipinski definition) is 2. The van der Waals surface area contributed by atoms with Gasteiger partial charge in [0.2, 0.25) is 0 Å². The van der Waals surface area contributed by atoms with Gasteiger partial charge in [0.05, 0.1) is 17.8 Å². The van der Waals surface area contributed by atoms with Crippen LogP contribution in [-0.4, -0.2) is 29.1 Å². The summed E-state index contributed by atoms with van der Waals surface area (Å²) < 4.78 is 12.8. The van der Waals surface area contributed by atoms with Crippen LogP contribution in [0.25, 0.3) is 0 Å². The van der Waals surface area contributed by atoms with E-state index in [-0.39, 0.29) is 12.4 Å². The van der Waals surface area contributed by atoms with Crippen molar-refractivity contribution in [2.24, 2.45) is 5.10 Å². The van der Waals surface area contributed by atoms with Gasteiger partial charge >= 0.3 is 0 Å². The number of carbonyl (C=O) groups excluding carboxylic acids is 2. The van der Waals surface area contributed by atoms with E-state index in [0.29, 0.717) is 16.8 Å². The lowest BCUT2D eigenvalue weighted by Crippen LogP contribution is -2.35. The number of hydrazone groups is 1. The Balaban J connectivity index is 1.84. The van der Waals surface area contributed by atoms with E-state index in [2.05, 4.69) is 20.8 Å². The maximum atomic E-state index is 12.8. The van der Waals surface area contributed by atoms with Gasteiger partial charge in [-0.1, -0.05) is 12.1 Å². The fraction of sp³-hybridized carbons (Fsp3) is 0.125. The van der Waals surface area contributed by atoms with Gasteiger partial charge < -0.3 is 5.32 Å². The van der Waals surface area contributed by atoms with Crippen LogP contribution in [0, 0.1) is 5.82 Å². The molecule has 0 bridgehead atoms. The van der Waals surface area contributed by atoms with Crippen molar-refractivity contribution in [2.75, 3.05) is 6.54 Å². The Kier molecular flexibility index (Phi) is 5.51. The molecule has 2 aromatic rings. The first-order chi connectivity index (χ1) is 11.1. The summed E-state index contributed by atoms with van der Waals surface area (Å²) in [7, 11) is 0. The number of aromatic nitrogens is 1. The largest absolute Gasteiger partial charge is 0.343 e. The van der Waals surface area contributed by atoms with Gasteiger partial charge in [0.15, 0.2) is 0 Å². The second-order valence-electron chi connectivity index (χ2n) is 4.66. The molecule has 0 aliphatic carbocycles. The Labute approximate surface area is 132 Å². The van der Waals surface area contributed by atoms with Crippen LogP contribution < -0.4 is 10.7 Å². The van der Waals surface area contributed by atoms with Crippen molar-refractivity contribution in [2.45, 2.75) is 6.92 Å². The Morgan fingerprint density at radius 2 is 1.91 bits per heavy atom. The molecule has 23 heavy (non-hydrogen) atoms. The molecule has 0 aliphatic rings. The van der Waals surface area contributed by atoms with Gasteiger partial charge in [-0.05, 0) is 36.8 Å². The zero-order valence-corrected chi connectivity index (χ0v) is 12.4. The molecule has 0 spiro atoms. The number of nitrogens with one attached hydrogen (secondary N) is 2. The lowest BCUT2D eigenvalue weighted by Gasteiger charge is -2.05. The maximum absolute atomic E-state index is 12.8. The zero-order chi connectivity index (χ0) is 16.7. The third-order valence-electron chi connectivity index (χ3n) is 2.94. The molecular weight excluding hydrogens is 299 g/mol. The molecule has 0 atom stereocenters. The van der Waals surface area contributed by atoms with Gasteiger partial charge in [0.1, 0.15) is 5.82 Å². The Morgan fingerprint density at radius 3 is 2.57 bits per heavy atom. The number of benzene rings is 1. The molecule has 118 valence electrons. The van der Waals surface area contributed by atoms with Gasteiger partial charge in [-0.2, -0.15) is 5.10 Å². The highest BCUT2D eigenvalue weighted by atomic mass is 19.1. The quantitative estimate of drug-likeness (QED) is 0.648. The number of pyridine rings is 1. The predicted molar refractivity (Wildman–Crippen MR) is 83.3 cm³/mol. The van der Waals surface area contributed by atoms with Crippen molar-refractivity contribution in [1.82, 2.24) is 15.7 Å². The summed E-state index contributed by atoms with van der Waals surface area (Å²) in [6.45, 7) is 1.47. The number of carbonyl (C=O) groups is 2. The van der Waals surface area contributed by atoms with Crippen LogP contribution >= 0.6 is 0 Å². The fourth-order valence-corrected chi connectivity index (χ4v) is 1.70. The molecule has 0 aliphatic heterocycles. The molecule has 6 nitrogen and oxygen atoms in total. The first-order valence-electron chi connectivity index (χ1n) is 6.83. The smallest absolute Gasteiger partial charge is 0.259 e. The lowest BCUT2D eigenvalue weighted by molar-refractivity contribution is -0.120. The van der Waals surface area contributed by atoms with Crippen molar-refractivity contribution in [3.05, 3.63) is 65.7 Å². The molecule has 7 heteroatoms. The van der Waals surface area contributed by atoms with Crippen molar-refractivity contribution >= 4 is 17.5 Å². The van der Waals surface area contributed by atoms with E-state index < -0.39 is 11.8 Å². The third kappa shape index (κ3) is 4.99. The number of nitrogens with zero attached hydrogens (tertiary/aromatic N) is 2. The summed E-state index contributed by atoms with van der Waals surface area (Å²) in [5.74, 6) is -1.21. The molecule has 0 saturated carbocycles. The Bertz CT molecular complexity index is 715. The summed E-state index contributed by atoms with van der Waals surface area (Å²) in [5.41, 5.74) is 3.91. The summed E-state index contributed by atoms with van der Waals surface area (Å²) in [6, 6.07) is 8.96. The van der Waals surface area contributed by atoms with Crippen molar-refractivity contribution in [1.29, 1.82) is 0 Å². The monoisotopic (exact) mass is 314 g/mol. The minimum atomic E-state index is -0.469. The highest BCUT2D eigenvalue weighted by molar-refractivity contribution is 5.99. The molecule has 2 rings (SSSR count). The minimum Gasteiger partial charge on any atom is -0.343 e. The number of halogens is 1. The molecule has 0 saturated heterocycles. The zero-order valence-electron chi connectivity index (χ0n) is 12.4. The summed E-state index contributed by atoms with van der Waals surface area (Å²) in [4.78, 5) is 27.2. The molecule has 2 amide bonds. The SMILES string of the molecule is C/C(=N/NC(=O)CNC(=O)c1cccnc1)c1ccc(F)cc1. The highest BCUT2D eigenvalue weighted by Crippen LogP contribution is 2.03. The van der Waals surface area contributed by atoms with Crippen LogP contribution in [0.1, 0.15) is 22.8 Å².